The maximum Gasteiger partial charge on any atom is 0.383 e. The summed E-state index contributed by atoms with van der Waals surface area (Å²) in [4.78, 5) is 0. The second kappa shape index (κ2) is 16.0. The number of unbranched alkanes of at least 4 members (excludes halogenated alkanes) is 13. The highest BCUT2D eigenvalue weighted by Crippen LogP contribution is 2.27. The molecule has 2 atom stereocenters. The molecule has 0 saturated heterocycles. The third-order valence-electron chi connectivity index (χ3n) is 6.30. The Balaban J connectivity index is 1.36. The number of hydrogen-bond acceptors (Lipinski definition) is 2. The summed E-state index contributed by atoms with van der Waals surface area (Å²) in [6.45, 7) is 5.42. The van der Waals surface area contributed by atoms with E-state index in [0.717, 1.165) is 24.3 Å². The first-order valence-electron chi connectivity index (χ1n) is 12.7. The molecule has 0 aliphatic carbocycles. The molecule has 0 saturated carbocycles. The standard InChI is InChI=1S/C26H46O2Si/c1-3-4-5-6-7-8-9-10-11-12-13-14-15-16-19-24(2)23-29-27-22-25-20-17-18-21-26(25)28-29/h17-18,20-21,24,29H,3-16,19,22-23H2,1-2H3. The van der Waals surface area contributed by atoms with Crippen LogP contribution in [0.4, 0.5) is 0 Å². The first kappa shape index (κ1) is 24.5. The zero-order chi connectivity index (χ0) is 20.6. The second-order valence-corrected chi connectivity index (χ2v) is 11.1. The lowest BCUT2D eigenvalue weighted by atomic mass is 10.0. The minimum Gasteiger partial charge on any atom is -0.522 e. The van der Waals surface area contributed by atoms with Crippen molar-refractivity contribution in [2.45, 2.75) is 123 Å². The van der Waals surface area contributed by atoms with Gasteiger partial charge in [0.05, 0.1) is 6.61 Å². The molecule has 29 heavy (non-hydrogen) atoms. The molecule has 0 fully saturated rings. The smallest absolute Gasteiger partial charge is 0.383 e. The number of fused-ring (bicyclic) bond motifs is 1. The molecule has 2 nitrogen and oxygen atoms in total. The highest BCUT2D eigenvalue weighted by atomic mass is 28.3. The van der Waals surface area contributed by atoms with Gasteiger partial charge in [-0.15, -0.1) is 0 Å². The number of rotatable bonds is 17. The maximum atomic E-state index is 6.14. The van der Waals surface area contributed by atoms with Crippen molar-refractivity contribution in [2.75, 3.05) is 0 Å². The Hall–Kier alpha value is -0.803. The summed E-state index contributed by atoms with van der Waals surface area (Å²) in [5.41, 5.74) is 1.20. The highest BCUT2D eigenvalue weighted by molar-refractivity contribution is 6.45. The number of benzene rings is 1. The Morgan fingerprint density at radius 3 is 1.97 bits per heavy atom. The van der Waals surface area contributed by atoms with E-state index in [9.17, 15) is 0 Å². The van der Waals surface area contributed by atoms with Gasteiger partial charge in [0.1, 0.15) is 5.75 Å². The topological polar surface area (TPSA) is 18.5 Å². The third-order valence-corrected chi connectivity index (χ3v) is 8.55. The molecule has 2 unspecified atom stereocenters. The average molecular weight is 419 g/mol. The van der Waals surface area contributed by atoms with E-state index in [-0.39, 0.29) is 0 Å². The van der Waals surface area contributed by atoms with E-state index in [1.807, 2.05) is 0 Å². The summed E-state index contributed by atoms with van der Waals surface area (Å²) in [7, 11) is -1.51. The molecule has 1 heterocycles. The van der Waals surface area contributed by atoms with Gasteiger partial charge in [0.2, 0.25) is 0 Å². The molecule has 1 aliphatic heterocycles. The molecule has 1 aromatic rings. The molecule has 166 valence electrons. The van der Waals surface area contributed by atoms with Gasteiger partial charge >= 0.3 is 9.28 Å². The van der Waals surface area contributed by atoms with E-state index in [4.69, 9.17) is 8.85 Å². The normalized spacial score (nSPS) is 17.0. The summed E-state index contributed by atoms with van der Waals surface area (Å²) in [6.07, 6.45) is 21.4. The molecular weight excluding hydrogens is 372 g/mol. The van der Waals surface area contributed by atoms with Gasteiger partial charge in [-0.1, -0.05) is 128 Å². The Labute approximate surface area is 182 Å². The van der Waals surface area contributed by atoms with Crippen LogP contribution in [0.3, 0.4) is 0 Å². The Bertz CT molecular complexity index is 519. The van der Waals surface area contributed by atoms with Crippen molar-refractivity contribution in [1.82, 2.24) is 0 Å². The molecule has 0 spiro atoms. The van der Waals surface area contributed by atoms with Gasteiger partial charge in [0, 0.05) is 11.6 Å². The minimum absolute atomic E-state index is 0.731. The van der Waals surface area contributed by atoms with Crippen molar-refractivity contribution in [3.05, 3.63) is 29.8 Å². The monoisotopic (exact) mass is 418 g/mol. The molecule has 1 aromatic carbocycles. The van der Waals surface area contributed by atoms with Crippen molar-refractivity contribution < 1.29 is 8.85 Å². The summed E-state index contributed by atoms with van der Waals surface area (Å²) < 4.78 is 12.2. The lowest BCUT2D eigenvalue weighted by molar-refractivity contribution is 0.222. The molecule has 0 radical (unpaired) electrons. The Kier molecular flexibility index (Phi) is 13.5. The Morgan fingerprint density at radius 2 is 1.34 bits per heavy atom. The SMILES string of the molecule is CCCCCCCCCCCCCCCCC(C)C[SiH]1OCc2ccccc2O1. The van der Waals surface area contributed by atoms with E-state index in [0.29, 0.717) is 0 Å². The molecule has 0 N–H and O–H groups in total. The van der Waals surface area contributed by atoms with Crippen LogP contribution < -0.4 is 4.43 Å². The molecule has 0 amide bonds. The van der Waals surface area contributed by atoms with Crippen LogP contribution in [-0.4, -0.2) is 9.28 Å². The van der Waals surface area contributed by atoms with Crippen LogP contribution in [-0.2, 0) is 11.0 Å². The summed E-state index contributed by atoms with van der Waals surface area (Å²) >= 11 is 0. The molecule has 0 bridgehead atoms. The van der Waals surface area contributed by atoms with Gasteiger partial charge in [-0.05, 0) is 12.0 Å². The van der Waals surface area contributed by atoms with E-state index in [1.165, 1.54) is 102 Å². The minimum atomic E-state index is -1.51. The molecule has 3 heteroatoms. The van der Waals surface area contributed by atoms with Crippen molar-refractivity contribution in [3.63, 3.8) is 0 Å². The average Bonchev–Trinajstić information content (AvgIpc) is 2.74. The lowest BCUT2D eigenvalue weighted by Crippen LogP contribution is -2.32. The predicted molar refractivity (Wildman–Crippen MR) is 128 cm³/mol. The van der Waals surface area contributed by atoms with E-state index >= 15 is 0 Å². The van der Waals surface area contributed by atoms with Gasteiger partial charge in [0.25, 0.3) is 0 Å². The first-order chi connectivity index (χ1) is 14.3. The summed E-state index contributed by atoms with van der Waals surface area (Å²) in [5, 5.41) is 0. The zero-order valence-corrected chi connectivity index (χ0v) is 20.5. The fourth-order valence-corrected chi connectivity index (χ4v) is 6.42. The van der Waals surface area contributed by atoms with Gasteiger partial charge in [-0.2, -0.15) is 0 Å². The van der Waals surface area contributed by atoms with Gasteiger partial charge in [-0.25, -0.2) is 0 Å². The first-order valence-corrected chi connectivity index (χ1v) is 14.4. The van der Waals surface area contributed by atoms with Crippen LogP contribution in [0.15, 0.2) is 24.3 Å². The van der Waals surface area contributed by atoms with Gasteiger partial charge in [-0.3, -0.25) is 0 Å². The lowest BCUT2D eigenvalue weighted by Gasteiger charge is -2.27. The third kappa shape index (κ3) is 11.2. The van der Waals surface area contributed by atoms with Crippen LogP contribution in [0.25, 0.3) is 0 Å². The highest BCUT2D eigenvalue weighted by Gasteiger charge is 2.24. The fraction of sp³-hybridized carbons (Fsp3) is 0.769. The molecule has 1 aliphatic rings. The van der Waals surface area contributed by atoms with Crippen molar-refractivity contribution in [2.24, 2.45) is 5.92 Å². The van der Waals surface area contributed by atoms with Crippen molar-refractivity contribution in [1.29, 1.82) is 0 Å². The number of hydrogen-bond donors (Lipinski definition) is 0. The van der Waals surface area contributed by atoms with Crippen LogP contribution in [0, 0.1) is 5.92 Å². The van der Waals surface area contributed by atoms with E-state index in [2.05, 4.69) is 38.1 Å². The largest absolute Gasteiger partial charge is 0.522 e. The predicted octanol–water partition coefficient (Wildman–Crippen LogP) is 8.32. The Morgan fingerprint density at radius 1 is 0.793 bits per heavy atom. The van der Waals surface area contributed by atoms with Crippen LogP contribution in [0.2, 0.25) is 6.04 Å². The maximum absolute atomic E-state index is 6.14. The van der Waals surface area contributed by atoms with Crippen LogP contribution in [0.1, 0.15) is 116 Å². The molecule has 2 rings (SSSR count). The van der Waals surface area contributed by atoms with Crippen molar-refractivity contribution >= 4 is 9.28 Å². The van der Waals surface area contributed by atoms with Gasteiger partial charge < -0.3 is 8.85 Å². The zero-order valence-electron chi connectivity index (χ0n) is 19.3. The number of para-hydroxylation sites is 1. The summed E-state index contributed by atoms with van der Waals surface area (Å²) in [6, 6.07) is 9.47. The van der Waals surface area contributed by atoms with E-state index < -0.39 is 9.28 Å². The quantitative estimate of drug-likeness (QED) is 0.187. The van der Waals surface area contributed by atoms with Gasteiger partial charge in [0.15, 0.2) is 0 Å². The van der Waals surface area contributed by atoms with Crippen LogP contribution in [0.5, 0.6) is 5.75 Å². The second-order valence-electron chi connectivity index (χ2n) is 9.19. The van der Waals surface area contributed by atoms with Crippen molar-refractivity contribution in [3.8, 4) is 5.75 Å². The molecule has 0 aromatic heterocycles. The van der Waals surface area contributed by atoms with E-state index in [1.54, 1.807) is 0 Å². The summed E-state index contributed by atoms with van der Waals surface area (Å²) in [5.74, 6) is 1.80. The molecular formula is C26H46O2Si. The van der Waals surface area contributed by atoms with Crippen LogP contribution >= 0.6 is 0 Å². The fourth-order valence-electron chi connectivity index (χ4n) is 4.35.